The summed E-state index contributed by atoms with van der Waals surface area (Å²) in [6, 6.07) is 20.3. The van der Waals surface area contributed by atoms with Gasteiger partial charge in [0.1, 0.15) is 15.4 Å². The van der Waals surface area contributed by atoms with E-state index in [2.05, 4.69) is 15.3 Å². The molecule has 4 rings (SSSR count). The lowest BCUT2D eigenvalue weighted by atomic mass is 10.1. The van der Waals surface area contributed by atoms with E-state index in [1.807, 2.05) is 54.6 Å². The van der Waals surface area contributed by atoms with Crippen molar-refractivity contribution in [1.29, 1.82) is 0 Å². The number of anilines is 1. The molecule has 0 aliphatic heterocycles. The smallest absolute Gasteiger partial charge is 0.224 e. The normalized spacial score (nSPS) is 10.7. The van der Waals surface area contributed by atoms with Crippen LogP contribution in [0, 0.1) is 0 Å². The molecule has 0 spiro atoms. The van der Waals surface area contributed by atoms with Crippen LogP contribution in [-0.4, -0.2) is 21.7 Å². The van der Waals surface area contributed by atoms with Gasteiger partial charge in [0.05, 0.1) is 0 Å². The lowest BCUT2D eigenvalue weighted by Gasteiger charge is -2.06. The summed E-state index contributed by atoms with van der Waals surface area (Å²) < 4.78 is 0. The molecule has 28 heavy (non-hydrogen) atoms. The zero-order valence-corrected chi connectivity index (χ0v) is 15.8. The molecule has 0 saturated carbocycles. The summed E-state index contributed by atoms with van der Waals surface area (Å²) in [5.74, 6) is -0.211. The maximum atomic E-state index is 12.1. The molecule has 1 N–H and O–H groups in total. The summed E-state index contributed by atoms with van der Waals surface area (Å²) in [4.78, 5) is 34.0. The molecule has 0 unspecified atom stereocenters. The van der Waals surface area contributed by atoms with Gasteiger partial charge in [-0.05, 0) is 36.4 Å². The first-order valence-electron chi connectivity index (χ1n) is 8.89. The van der Waals surface area contributed by atoms with E-state index in [9.17, 15) is 9.59 Å². The fraction of sp³-hybridized carbons (Fsp3) is 0.0909. The Labute approximate surface area is 166 Å². The van der Waals surface area contributed by atoms with Crippen LogP contribution in [0.3, 0.4) is 0 Å². The largest absolute Gasteiger partial charge is 0.326 e. The van der Waals surface area contributed by atoms with Crippen molar-refractivity contribution in [3.8, 4) is 10.6 Å². The molecule has 1 amide bonds. The molecular weight excluding hydrogens is 370 g/mol. The predicted octanol–water partition coefficient (Wildman–Crippen LogP) is 4.96. The van der Waals surface area contributed by atoms with E-state index in [1.165, 1.54) is 11.3 Å². The van der Waals surface area contributed by atoms with Gasteiger partial charge in [0.2, 0.25) is 5.91 Å². The first-order chi connectivity index (χ1) is 13.7. The number of pyridine rings is 1. The van der Waals surface area contributed by atoms with E-state index >= 15 is 0 Å². The van der Waals surface area contributed by atoms with Crippen LogP contribution in [0.15, 0.2) is 72.9 Å². The van der Waals surface area contributed by atoms with Gasteiger partial charge >= 0.3 is 0 Å². The van der Waals surface area contributed by atoms with Crippen molar-refractivity contribution in [2.45, 2.75) is 12.8 Å². The minimum absolute atomic E-state index is 0.0319. The number of rotatable bonds is 6. The van der Waals surface area contributed by atoms with Gasteiger partial charge in [-0.2, -0.15) is 0 Å². The monoisotopic (exact) mass is 387 g/mol. The van der Waals surface area contributed by atoms with Crippen LogP contribution in [0.4, 0.5) is 5.69 Å². The number of thiazole rings is 1. The van der Waals surface area contributed by atoms with Crippen LogP contribution in [-0.2, 0) is 4.79 Å². The second-order valence-electron chi connectivity index (χ2n) is 6.26. The Morgan fingerprint density at radius 3 is 2.43 bits per heavy atom. The highest BCUT2D eigenvalue weighted by molar-refractivity contribution is 7.21. The zero-order chi connectivity index (χ0) is 19.3. The molecule has 4 aromatic rings. The van der Waals surface area contributed by atoms with Crippen LogP contribution in [0.1, 0.15) is 23.2 Å². The Morgan fingerprint density at radius 2 is 1.68 bits per heavy atom. The molecule has 0 fully saturated rings. The first-order valence-corrected chi connectivity index (χ1v) is 9.71. The van der Waals surface area contributed by atoms with Gasteiger partial charge in [-0.3, -0.25) is 9.59 Å². The van der Waals surface area contributed by atoms with E-state index in [1.54, 1.807) is 18.3 Å². The van der Waals surface area contributed by atoms with Crippen molar-refractivity contribution in [2.24, 2.45) is 0 Å². The standard InChI is InChI=1S/C22H17N3O2S/c26-19(15-5-2-1-3-6-15)12-13-20(27)24-17-10-8-16(9-11-17)21-25-18-7-4-14-23-22(18)28-21/h1-11,14H,12-13H2,(H,24,27). The van der Waals surface area contributed by atoms with Crippen molar-refractivity contribution in [1.82, 2.24) is 9.97 Å². The van der Waals surface area contributed by atoms with E-state index in [4.69, 9.17) is 0 Å². The molecule has 2 aromatic heterocycles. The Kier molecular flexibility index (Phi) is 5.21. The molecule has 0 aliphatic carbocycles. The van der Waals surface area contributed by atoms with Crippen molar-refractivity contribution in [3.63, 3.8) is 0 Å². The fourth-order valence-corrected chi connectivity index (χ4v) is 3.72. The van der Waals surface area contributed by atoms with Gasteiger partial charge in [0, 0.05) is 35.9 Å². The summed E-state index contributed by atoms with van der Waals surface area (Å²) in [5, 5.41) is 3.72. The van der Waals surface area contributed by atoms with Crippen molar-refractivity contribution >= 4 is 39.1 Å². The minimum Gasteiger partial charge on any atom is -0.326 e. The summed E-state index contributed by atoms with van der Waals surface area (Å²) in [5.41, 5.74) is 3.17. The molecule has 5 nitrogen and oxygen atoms in total. The van der Waals surface area contributed by atoms with Crippen molar-refractivity contribution in [2.75, 3.05) is 5.32 Å². The number of nitrogens with one attached hydrogen (secondary N) is 1. The highest BCUT2D eigenvalue weighted by atomic mass is 32.1. The Hall–Kier alpha value is -3.38. The maximum Gasteiger partial charge on any atom is 0.224 e. The molecule has 0 bridgehead atoms. The number of aromatic nitrogens is 2. The Morgan fingerprint density at radius 1 is 0.893 bits per heavy atom. The molecular formula is C22H17N3O2S. The highest BCUT2D eigenvalue weighted by Crippen LogP contribution is 2.29. The van der Waals surface area contributed by atoms with E-state index < -0.39 is 0 Å². The summed E-state index contributed by atoms with van der Waals surface area (Å²) in [6.45, 7) is 0. The first kappa shape index (κ1) is 18.0. The van der Waals surface area contributed by atoms with Crippen molar-refractivity contribution in [3.05, 3.63) is 78.5 Å². The second-order valence-corrected chi connectivity index (χ2v) is 7.24. The molecule has 0 saturated heterocycles. The molecule has 0 atom stereocenters. The maximum absolute atomic E-state index is 12.1. The number of benzene rings is 2. The van der Waals surface area contributed by atoms with Gasteiger partial charge in [-0.1, -0.05) is 41.7 Å². The average molecular weight is 387 g/mol. The third-order valence-corrected chi connectivity index (χ3v) is 5.29. The third kappa shape index (κ3) is 4.13. The molecule has 2 heterocycles. The molecule has 2 aromatic carbocycles. The summed E-state index contributed by atoms with van der Waals surface area (Å²) in [6.07, 6.45) is 2.09. The topological polar surface area (TPSA) is 72.0 Å². The third-order valence-electron chi connectivity index (χ3n) is 4.26. The number of Topliss-reactive ketones (excluding diaryl/α,β-unsaturated/α-hetero) is 1. The van der Waals surface area contributed by atoms with Crippen LogP contribution in [0.5, 0.6) is 0 Å². The predicted molar refractivity (Wildman–Crippen MR) is 111 cm³/mol. The molecule has 0 aliphatic rings. The van der Waals surface area contributed by atoms with Gasteiger partial charge in [-0.25, -0.2) is 9.97 Å². The van der Waals surface area contributed by atoms with Crippen LogP contribution in [0.25, 0.3) is 20.9 Å². The Balaban J connectivity index is 1.36. The number of amides is 1. The number of carbonyl (C=O) groups excluding carboxylic acids is 2. The number of nitrogens with zero attached hydrogens (tertiary/aromatic N) is 2. The lowest BCUT2D eigenvalue weighted by molar-refractivity contribution is -0.116. The minimum atomic E-state index is -0.179. The lowest BCUT2D eigenvalue weighted by Crippen LogP contribution is -2.13. The second kappa shape index (κ2) is 8.10. The zero-order valence-electron chi connectivity index (χ0n) is 15.0. The van der Waals surface area contributed by atoms with E-state index in [0.29, 0.717) is 11.3 Å². The van der Waals surface area contributed by atoms with Gasteiger partial charge in [-0.15, -0.1) is 0 Å². The van der Waals surface area contributed by atoms with E-state index in [0.717, 1.165) is 20.9 Å². The van der Waals surface area contributed by atoms with Crippen LogP contribution < -0.4 is 5.32 Å². The number of hydrogen-bond acceptors (Lipinski definition) is 5. The van der Waals surface area contributed by atoms with Crippen LogP contribution >= 0.6 is 11.3 Å². The quantitative estimate of drug-likeness (QED) is 0.475. The van der Waals surface area contributed by atoms with Gasteiger partial charge < -0.3 is 5.32 Å². The van der Waals surface area contributed by atoms with Gasteiger partial charge in [0.25, 0.3) is 0 Å². The highest BCUT2D eigenvalue weighted by Gasteiger charge is 2.10. The fourth-order valence-electron chi connectivity index (χ4n) is 2.81. The average Bonchev–Trinajstić information content (AvgIpc) is 3.17. The molecule has 138 valence electrons. The summed E-state index contributed by atoms with van der Waals surface area (Å²) >= 11 is 1.53. The van der Waals surface area contributed by atoms with Crippen molar-refractivity contribution < 1.29 is 9.59 Å². The molecule has 0 radical (unpaired) electrons. The number of carbonyl (C=O) groups is 2. The van der Waals surface area contributed by atoms with Crippen LogP contribution in [0.2, 0.25) is 0 Å². The number of hydrogen-bond donors (Lipinski definition) is 1. The summed E-state index contributed by atoms with van der Waals surface area (Å²) in [7, 11) is 0. The Bertz CT molecular complexity index is 1090. The number of ketones is 1. The van der Waals surface area contributed by atoms with E-state index in [-0.39, 0.29) is 24.5 Å². The SMILES string of the molecule is O=C(CCC(=O)c1ccccc1)Nc1ccc(-c2nc3cccnc3s2)cc1. The number of fused-ring (bicyclic) bond motifs is 1. The molecule has 6 heteroatoms. The van der Waals surface area contributed by atoms with Gasteiger partial charge in [0.15, 0.2) is 5.78 Å².